The Morgan fingerprint density at radius 1 is 0.852 bits per heavy atom. The van der Waals surface area contributed by atoms with Crippen LogP contribution in [-0.4, -0.2) is 6.21 Å². The van der Waals surface area contributed by atoms with Crippen LogP contribution >= 0.6 is 0 Å². The van der Waals surface area contributed by atoms with Gasteiger partial charge in [-0.05, 0) is 65.4 Å². The van der Waals surface area contributed by atoms with E-state index >= 15 is 0 Å². The number of aliphatic imine (C=N–C) groups is 1. The summed E-state index contributed by atoms with van der Waals surface area (Å²) in [6.45, 7) is 0. The zero-order valence-electron chi connectivity index (χ0n) is 14.1. The van der Waals surface area contributed by atoms with Crippen LogP contribution in [0.1, 0.15) is 11.1 Å². The molecular weight excluding hydrogens is 351 g/mol. The van der Waals surface area contributed by atoms with Gasteiger partial charge in [-0.2, -0.15) is 13.2 Å². The highest BCUT2D eigenvalue weighted by Gasteiger charge is 2.30. The van der Waals surface area contributed by atoms with Crippen molar-refractivity contribution in [1.82, 2.24) is 0 Å². The maximum Gasteiger partial charge on any atom is 0.416 e. The molecule has 134 valence electrons. The van der Waals surface area contributed by atoms with Gasteiger partial charge in [-0.25, -0.2) is 0 Å². The summed E-state index contributed by atoms with van der Waals surface area (Å²) in [7, 11) is 0. The van der Waals surface area contributed by atoms with Crippen LogP contribution in [0, 0.1) is 0 Å². The minimum atomic E-state index is -4.36. The fourth-order valence-corrected chi connectivity index (χ4v) is 2.88. The Kier molecular flexibility index (Phi) is 4.28. The maximum atomic E-state index is 12.6. The molecule has 3 aromatic rings. The molecule has 0 saturated carbocycles. The SMILES string of the molecule is FC(F)(F)c1ccc(Oc2cccc(C=c3cccc4c3=CC=N4)c2)cc1. The standard InChI is InChI=1S/C22H14F3NO/c23-22(24,25)17-7-9-18(10-8-17)27-19-5-1-3-15(14-19)13-16-4-2-6-21-20(16)11-12-26-21/h1-14H. The number of benzene rings is 3. The van der Waals surface area contributed by atoms with E-state index < -0.39 is 11.7 Å². The van der Waals surface area contributed by atoms with Crippen LogP contribution in [-0.2, 0) is 6.18 Å². The second-order valence-electron chi connectivity index (χ2n) is 6.07. The second kappa shape index (κ2) is 6.76. The lowest BCUT2D eigenvalue weighted by Crippen LogP contribution is -2.23. The number of fused-ring (bicyclic) bond motifs is 1. The highest BCUT2D eigenvalue weighted by atomic mass is 19.4. The van der Waals surface area contributed by atoms with Crippen LogP contribution in [0.15, 0.2) is 71.7 Å². The van der Waals surface area contributed by atoms with Crippen LogP contribution in [0.5, 0.6) is 11.5 Å². The Morgan fingerprint density at radius 2 is 1.63 bits per heavy atom. The first-order valence-electron chi connectivity index (χ1n) is 8.29. The van der Waals surface area contributed by atoms with Gasteiger partial charge in [0.2, 0.25) is 0 Å². The van der Waals surface area contributed by atoms with Gasteiger partial charge in [0.1, 0.15) is 11.5 Å². The number of hydrogen-bond acceptors (Lipinski definition) is 2. The average molecular weight is 365 g/mol. The molecule has 5 heteroatoms. The molecule has 1 heterocycles. The normalized spacial score (nSPS) is 13.4. The summed E-state index contributed by atoms with van der Waals surface area (Å²) in [5.74, 6) is 0.902. The van der Waals surface area contributed by atoms with Gasteiger partial charge in [-0.15, -0.1) is 0 Å². The van der Waals surface area contributed by atoms with E-state index in [0.29, 0.717) is 11.5 Å². The lowest BCUT2D eigenvalue weighted by atomic mass is 10.1. The van der Waals surface area contributed by atoms with Crippen molar-refractivity contribution in [2.24, 2.45) is 4.99 Å². The van der Waals surface area contributed by atoms with Crippen LogP contribution in [0.3, 0.4) is 0 Å². The molecule has 0 N–H and O–H groups in total. The van der Waals surface area contributed by atoms with Gasteiger partial charge in [0, 0.05) is 11.4 Å². The molecule has 1 aliphatic rings. The Morgan fingerprint density at radius 3 is 2.41 bits per heavy atom. The summed E-state index contributed by atoms with van der Waals surface area (Å²) >= 11 is 0. The molecule has 4 rings (SSSR count). The number of ether oxygens (including phenoxy) is 1. The summed E-state index contributed by atoms with van der Waals surface area (Å²) in [5.41, 5.74) is 1.15. The topological polar surface area (TPSA) is 21.6 Å². The molecule has 3 aromatic carbocycles. The van der Waals surface area contributed by atoms with Crippen molar-refractivity contribution in [1.29, 1.82) is 0 Å². The third-order valence-electron chi connectivity index (χ3n) is 4.17. The molecule has 0 aliphatic carbocycles. The number of rotatable bonds is 3. The first kappa shape index (κ1) is 17.1. The van der Waals surface area contributed by atoms with E-state index in [-0.39, 0.29) is 0 Å². The Bertz CT molecular complexity index is 1130. The Labute approximate surface area is 153 Å². The number of halogens is 3. The first-order chi connectivity index (χ1) is 13.0. The molecule has 0 saturated heterocycles. The van der Waals surface area contributed by atoms with Gasteiger partial charge >= 0.3 is 6.18 Å². The van der Waals surface area contributed by atoms with Crippen LogP contribution in [0.2, 0.25) is 0 Å². The summed E-state index contributed by atoms with van der Waals surface area (Å²) < 4.78 is 43.6. The third kappa shape index (κ3) is 3.77. The highest BCUT2D eigenvalue weighted by molar-refractivity contribution is 5.97. The molecule has 0 atom stereocenters. The van der Waals surface area contributed by atoms with E-state index in [1.807, 2.05) is 48.6 Å². The smallest absolute Gasteiger partial charge is 0.416 e. The molecule has 0 amide bonds. The Balaban J connectivity index is 1.61. The summed E-state index contributed by atoms with van der Waals surface area (Å²) in [6.07, 6.45) is 1.39. The first-order valence-corrected chi connectivity index (χ1v) is 8.29. The molecule has 27 heavy (non-hydrogen) atoms. The zero-order chi connectivity index (χ0) is 18.9. The van der Waals surface area contributed by atoms with E-state index in [0.717, 1.165) is 33.8 Å². The lowest BCUT2D eigenvalue weighted by Gasteiger charge is -2.09. The predicted molar refractivity (Wildman–Crippen MR) is 99.8 cm³/mol. The minimum Gasteiger partial charge on any atom is -0.457 e. The highest BCUT2D eigenvalue weighted by Crippen LogP contribution is 2.31. The lowest BCUT2D eigenvalue weighted by molar-refractivity contribution is -0.137. The van der Waals surface area contributed by atoms with Gasteiger partial charge in [0.25, 0.3) is 0 Å². The minimum absolute atomic E-state index is 0.350. The molecule has 2 nitrogen and oxygen atoms in total. The van der Waals surface area contributed by atoms with Gasteiger partial charge in [0.05, 0.1) is 11.3 Å². The van der Waals surface area contributed by atoms with Gasteiger partial charge in [0.15, 0.2) is 0 Å². The largest absolute Gasteiger partial charge is 0.457 e. The quantitative estimate of drug-likeness (QED) is 0.652. The zero-order valence-corrected chi connectivity index (χ0v) is 14.1. The fourth-order valence-electron chi connectivity index (χ4n) is 2.88. The average Bonchev–Trinajstić information content (AvgIpc) is 3.12. The van der Waals surface area contributed by atoms with Gasteiger partial charge in [-0.1, -0.05) is 24.3 Å². The number of hydrogen-bond donors (Lipinski definition) is 0. The van der Waals surface area contributed by atoms with Crippen molar-refractivity contribution in [2.45, 2.75) is 6.18 Å². The van der Waals surface area contributed by atoms with E-state index in [1.165, 1.54) is 12.1 Å². The van der Waals surface area contributed by atoms with E-state index in [4.69, 9.17) is 4.74 Å². The van der Waals surface area contributed by atoms with Crippen molar-refractivity contribution in [3.05, 3.63) is 88.3 Å². The summed E-state index contributed by atoms with van der Waals surface area (Å²) in [5, 5.41) is 2.10. The van der Waals surface area contributed by atoms with Crippen molar-refractivity contribution in [3.63, 3.8) is 0 Å². The summed E-state index contributed by atoms with van der Waals surface area (Å²) in [4.78, 5) is 4.29. The molecule has 0 aromatic heterocycles. The molecular formula is C22H14F3NO. The van der Waals surface area contributed by atoms with Gasteiger partial charge < -0.3 is 4.74 Å². The predicted octanol–water partition coefficient (Wildman–Crippen LogP) is 4.82. The van der Waals surface area contributed by atoms with Gasteiger partial charge in [-0.3, -0.25) is 4.99 Å². The molecule has 1 aliphatic heterocycles. The monoisotopic (exact) mass is 365 g/mol. The molecule has 0 spiro atoms. The molecule has 0 radical (unpaired) electrons. The third-order valence-corrected chi connectivity index (χ3v) is 4.17. The van der Waals surface area contributed by atoms with E-state index in [2.05, 4.69) is 4.99 Å². The molecule has 0 unspecified atom stereocenters. The van der Waals surface area contributed by atoms with E-state index in [1.54, 1.807) is 12.3 Å². The molecule has 0 bridgehead atoms. The second-order valence-corrected chi connectivity index (χ2v) is 6.07. The number of nitrogens with zero attached hydrogens (tertiary/aromatic N) is 1. The summed E-state index contributed by atoms with van der Waals surface area (Å²) in [6, 6.07) is 17.9. The maximum absolute atomic E-state index is 12.6. The van der Waals surface area contributed by atoms with E-state index in [9.17, 15) is 13.2 Å². The Hall–Kier alpha value is -3.34. The number of alkyl halides is 3. The van der Waals surface area contributed by atoms with Crippen LogP contribution in [0.4, 0.5) is 18.9 Å². The van der Waals surface area contributed by atoms with Crippen molar-refractivity contribution in [2.75, 3.05) is 0 Å². The van der Waals surface area contributed by atoms with Crippen molar-refractivity contribution < 1.29 is 17.9 Å². The molecule has 0 fully saturated rings. The van der Waals surface area contributed by atoms with Crippen LogP contribution < -0.4 is 15.2 Å². The van der Waals surface area contributed by atoms with Crippen molar-refractivity contribution in [3.8, 4) is 11.5 Å². The van der Waals surface area contributed by atoms with Crippen molar-refractivity contribution >= 4 is 24.1 Å². The van der Waals surface area contributed by atoms with Crippen LogP contribution in [0.25, 0.3) is 12.2 Å². The fraction of sp³-hybridized carbons (Fsp3) is 0.0455.